The van der Waals surface area contributed by atoms with Gasteiger partial charge in [0.25, 0.3) is 5.56 Å². The SMILES string of the molecule is Cc1cc(=O)n(-c2ccc(N3CCC(COc4ccc5ccccc5c4)CC3)c(Cl)c2)c(C)n1. The summed E-state index contributed by atoms with van der Waals surface area (Å²) >= 11 is 6.67. The summed E-state index contributed by atoms with van der Waals surface area (Å²) in [6.45, 7) is 6.24. The Morgan fingerprint density at radius 3 is 2.47 bits per heavy atom. The van der Waals surface area contributed by atoms with E-state index in [0.717, 1.165) is 49.7 Å². The van der Waals surface area contributed by atoms with Crippen molar-refractivity contribution in [2.75, 3.05) is 24.6 Å². The molecule has 1 fully saturated rings. The normalized spacial score (nSPS) is 14.5. The maximum Gasteiger partial charge on any atom is 0.258 e. The molecular weight excluding hydrogens is 446 g/mol. The van der Waals surface area contributed by atoms with Crippen molar-refractivity contribution < 1.29 is 4.74 Å². The molecule has 0 spiro atoms. The fourth-order valence-corrected chi connectivity index (χ4v) is 5.05. The third-order valence-electron chi connectivity index (χ3n) is 6.57. The van der Waals surface area contributed by atoms with Crippen LogP contribution in [0.25, 0.3) is 16.5 Å². The predicted molar refractivity (Wildman–Crippen MR) is 139 cm³/mol. The minimum Gasteiger partial charge on any atom is -0.493 e. The first-order valence-corrected chi connectivity index (χ1v) is 12.1. The van der Waals surface area contributed by atoms with E-state index in [1.54, 1.807) is 10.6 Å². The number of anilines is 1. The van der Waals surface area contributed by atoms with E-state index < -0.39 is 0 Å². The third kappa shape index (κ3) is 4.66. The van der Waals surface area contributed by atoms with Gasteiger partial charge in [0, 0.05) is 24.8 Å². The van der Waals surface area contributed by atoms with Gasteiger partial charge in [-0.25, -0.2) is 4.98 Å². The lowest BCUT2D eigenvalue weighted by Gasteiger charge is -2.34. The molecule has 1 aliphatic heterocycles. The second-order valence-corrected chi connectivity index (χ2v) is 9.41. The van der Waals surface area contributed by atoms with Crippen LogP contribution in [-0.2, 0) is 0 Å². The molecule has 6 heteroatoms. The van der Waals surface area contributed by atoms with Crippen LogP contribution in [0.15, 0.2) is 71.5 Å². The number of halogens is 1. The molecule has 0 atom stereocenters. The molecule has 0 bridgehead atoms. The first-order chi connectivity index (χ1) is 16.5. The van der Waals surface area contributed by atoms with Crippen LogP contribution in [0.3, 0.4) is 0 Å². The number of aromatic nitrogens is 2. The molecule has 0 radical (unpaired) electrons. The molecule has 0 aliphatic carbocycles. The number of piperidine rings is 1. The lowest BCUT2D eigenvalue weighted by atomic mass is 9.97. The first-order valence-electron chi connectivity index (χ1n) is 11.7. The van der Waals surface area contributed by atoms with Crippen LogP contribution in [0, 0.1) is 19.8 Å². The summed E-state index contributed by atoms with van der Waals surface area (Å²) in [7, 11) is 0. The second kappa shape index (κ2) is 9.51. The minimum atomic E-state index is -0.0963. The minimum absolute atomic E-state index is 0.0963. The van der Waals surface area contributed by atoms with Crippen LogP contribution < -0.4 is 15.2 Å². The van der Waals surface area contributed by atoms with E-state index in [-0.39, 0.29) is 5.56 Å². The van der Waals surface area contributed by atoms with Gasteiger partial charge >= 0.3 is 0 Å². The maximum absolute atomic E-state index is 12.5. The molecule has 4 aromatic rings. The monoisotopic (exact) mass is 473 g/mol. The fourth-order valence-electron chi connectivity index (χ4n) is 4.76. The molecule has 174 valence electrons. The largest absolute Gasteiger partial charge is 0.493 e. The number of nitrogens with zero attached hydrogens (tertiary/aromatic N) is 3. The molecule has 34 heavy (non-hydrogen) atoms. The van der Waals surface area contributed by atoms with Crippen LogP contribution in [0.5, 0.6) is 5.75 Å². The summed E-state index contributed by atoms with van der Waals surface area (Å²) in [4.78, 5) is 19.2. The van der Waals surface area contributed by atoms with Crippen molar-refractivity contribution in [2.24, 2.45) is 5.92 Å². The highest BCUT2D eigenvalue weighted by Crippen LogP contribution is 2.32. The highest BCUT2D eigenvalue weighted by Gasteiger charge is 2.22. The van der Waals surface area contributed by atoms with Crippen molar-refractivity contribution in [3.8, 4) is 11.4 Å². The number of hydrogen-bond acceptors (Lipinski definition) is 4. The second-order valence-electron chi connectivity index (χ2n) is 9.00. The van der Waals surface area contributed by atoms with E-state index in [1.807, 2.05) is 32.0 Å². The predicted octanol–water partition coefficient (Wildman–Crippen LogP) is 5.95. The van der Waals surface area contributed by atoms with Gasteiger partial charge in [-0.3, -0.25) is 9.36 Å². The molecule has 1 aromatic heterocycles. The van der Waals surface area contributed by atoms with Gasteiger partial charge in [-0.2, -0.15) is 0 Å². The van der Waals surface area contributed by atoms with Crippen LogP contribution in [-0.4, -0.2) is 29.2 Å². The van der Waals surface area contributed by atoms with Gasteiger partial charge in [0.2, 0.25) is 0 Å². The lowest BCUT2D eigenvalue weighted by Crippen LogP contribution is -2.35. The summed E-state index contributed by atoms with van der Waals surface area (Å²) in [6, 6.07) is 22.0. The van der Waals surface area contributed by atoms with Gasteiger partial charge in [0.15, 0.2) is 0 Å². The van der Waals surface area contributed by atoms with E-state index in [0.29, 0.717) is 22.5 Å². The molecule has 3 aromatic carbocycles. The Labute approximate surface area is 204 Å². The highest BCUT2D eigenvalue weighted by atomic mass is 35.5. The van der Waals surface area contributed by atoms with Crippen molar-refractivity contribution in [2.45, 2.75) is 26.7 Å². The molecule has 1 saturated heterocycles. The number of benzene rings is 3. The van der Waals surface area contributed by atoms with Gasteiger partial charge in [-0.1, -0.05) is 41.9 Å². The molecule has 0 amide bonds. The molecule has 0 N–H and O–H groups in total. The van der Waals surface area contributed by atoms with E-state index in [1.165, 1.54) is 10.8 Å². The quantitative estimate of drug-likeness (QED) is 0.359. The van der Waals surface area contributed by atoms with Crippen molar-refractivity contribution in [1.29, 1.82) is 0 Å². The summed E-state index contributed by atoms with van der Waals surface area (Å²) in [5.41, 5.74) is 2.36. The molecule has 1 aliphatic rings. The summed E-state index contributed by atoms with van der Waals surface area (Å²) in [5, 5.41) is 3.08. The number of fused-ring (bicyclic) bond motifs is 1. The van der Waals surface area contributed by atoms with Crippen LogP contribution in [0.2, 0.25) is 5.02 Å². The topological polar surface area (TPSA) is 47.4 Å². The molecular formula is C28H28ClN3O2. The van der Waals surface area contributed by atoms with E-state index in [9.17, 15) is 4.79 Å². The van der Waals surface area contributed by atoms with E-state index >= 15 is 0 Å². The van der Waals surface area contributed by atoms with Crippen molar-refractivity contribution in [3.63, 3.8) is 0 Å². The smallest absolute Gasteiger partial charge is 0.258 e. The Bertz CT molecular complexity index is 1390. The van der Waals surface area contributed by atoms with Gasteiger partial charge in [-0.15, -0.1) is 0 Å². The van der Waals surface area contributed by atoms with Crippen LogP contribution in [0.4, 0.5) is 5.69 Å². The molecule has 5 nitrogen and oxygen atoms in total. The number of rotatable bonds is 5. The van der Waals surface area contributed by atoms with E-state index in [2.05, 4.69) is 52.3 Å². The Hall–Kier alpha value is -3.31. The Morgan fingerprint density at radius 1 is 0.971 bits per heavy atom. The first kappa shape index (κ1) is 22.5. The number of hydrogen-bond donors (Lipinski definition) is 0. The molecule has 2 heterocycles. The third-order valence-corrected chi connectivity index (χ3v) is 6.87. The van der Waals surface area contributed by atoms with Crippen molar-refractivity contribution in [1.82, 2.24) is 9.55 Å². The van der Waals surface area contributed by atoms with Crippen molar-refractivity contribution >= 4 is 28.1 Å². The zero-order chi connectivity index (χ0) is 23.7. The highest BCUT2D eigenvalue weighted by molar-refractivity contribution is 6.33. The zero-order valence-corrected chi connectivity index (χ0v) is 20.3. The fraction of sp³-hybridized carbons (Fsp3) is 0.286. The Kier molecular flexibility index (Phi) is 6.29. The number of ether oxygens (including phenoxy) is 1. The van der Waals surface area contributed by atoms with Gasteiger partial charge in [0.05, 0.1) is 23.0 Å². The van der Waals surface area contributed by atoms with Gasteiger partial charge in [-0.05, 0) is 73.7 Å². The van der Waals surface area contributed by atoms with Crippen LogP contribution >= 0.6 is 11.6 Å². The van der Waals surface area contributed by atoms with E-state index in [4.69, 9.17) is 16.3 Å². The average Bonchev–Trinajstić information content (AvgIpc) is 2.82. The van der Waals surface area contributed by atoms with Gasteiger partial charge < -0.3 is 9.64 Å². The molecule has 0 saturated carbocycles. The molecule has 5 rings (SSSR count). The summed E-state index contributed by atoms with van der Waals surface area (Å²) in [5.74, 6) is 2.09. The Balaban J connectivity index is 1.22. The summed E-state index contributed by atoms with van der Waals surface area (Å²) in [6.07, 6.45) is 2.10. The average molecular weight is 474 g/mol. The van der Waals surface area contributed by atoms with Crippen molar-refractivity contribution in [3.05, 3.63) is 93.6 Å². The summed E-state index contributed by atoms with van der Waals surface area (Å²) < 4.78 is 7.73. The molecule has 0 unspecified atom stereocenters. The number of aryl methyl sites for hydroxylation is 2. The maximum atomic E-state index is 12.5. The van der Waals surface area contributed by atoms with Gasteiger partial charge in [0.1, 0.15) is 11.6 Å². The van der Waals surface area contributed by atoms with Crippen LogP contribution in [0.1, 0.15) is 24.4 Å². The standard InChI is InChI=1S/C28H28ClN3O2/c1-19-15-28(33)32(20(2)30-19)24-8-10-27(26(29)17-24)31-13-11-21(12-14-31)18-34-25-9-7-22-5-3-4-6-23(22)16-25/h3-10,15-17,21H,11-14,18H2,1-2H3. The Morgan fingerprint density at radius 2 is 1.74 bits per heavy atom. The zero-order valence-electron chi connectivity index (χ0n) is 19.5. The lowest BCUT2D eigenvalue weighted by molar-refractivity contribution is 0.223.